The highest BCUT2D eigenvalue weighted by Crippen LogP contribution is 2.13. The molecule has 0 heterocycles. The smallest absolute Gasteiger partial charge is 0.409 e. The summed E-state index contributed by atoms with van der Waals surface area (Å²) in [7, 11) is 0. The van der Waals surface area contributed by atoms with Gasteiger partial charge < -0.3 is 29.3 Å². The van der Waals surface area contributed by atoms with Crippen LogP contribution in [0.5, 0.6) is 0 Å². The average molecular weight is 782 g/mol. The molecule has 0 unspecified atom stereocenters. The van der Waals surface area contributed by atoms with Gasteiger partial charge in [0.2, 0.25) is 0 Å². The van der Waals surface area contributed by atoms with Crippen LogP contribution in [-0.2, 0) is 9.47 Å². The number of rotatable bonds is 43. The van der Waals surface area contributed by atoms with Crippen molar-refractivity contribution >= 4 is 12.2 Å². The minimum atomic E-state index is -0.111. The number of unbranched alkanes of at least 4 members (excludes halogenated alkanes) is 24. The fourth-order valence-corrected chi connectivity index (χ4v) is 7.26. The van der Waals surface area contributed by atoms with Crippen molar-refractivity contribution in [2.45, 2.75) is 227 Å². The molecule has 0 spiro atoms. The Kier molecular flexibility index (Phi) is 42.4. The van der Waals surface area contributed by atoms with Crippen molar-refractivity contribution < 1.29 is 24.2 Å². The predicted molar refractivity (Wildman–Crippen MR) is 235 cm³/mol. The van der Waals surface area contributed by atoms with Gasteiger partial charge in [-0.15, -0.1) is 0 Å². The molecule has 0 aromatic heterocycles. The molecule has 0 aliphatic heterocycles. The zero-order chi connectivity index (χ0) is 40.3. The van der Waals surface area contributed by atoms with Crippen LogP contribution in [0.4, 0.5) is 9.59 Å². The lowest BCUT2D eigenvalue weighted by atomic mass is 10.1. The van der Waals surface area contributed by atoms with Gasteiger partial charge in [-0.1, -0.05) is 156 Å². The molecule has 1 N–H and O–H groups in total. The van der Waals surface area contributed by atoms with Crippen LogP contribution in [0.3, 0.4) is 0 Å². The summed E-state index contributed by atoms with van der Waals surface area (Å²) in [6, 6.07) is 0. The minimum Gasteiger partial charge on any atom is -0.449 e. The van der Waals surface area contributed by atoms with E-state index in [9.17, 15) is 14.7 Å². The first-order valence-corrected chi connectivity index (χ1v) is 24.2. The van der Waals surface area contributed by atoms with E-state index in [4.69, 9.17) is 9.47 Å². The quantitative estimate of drug-likeness (QED) is 0.0620. The number of amides is 2. The lowest BCUT2D eigenvalue weighted by Crippen LogP contribution is -2.33. The van der Waals surface area contributed by atoms with Crippen molar-refractivity contribution in [3.63, 3.8) is 0 Å². The summed E-state index contributed by atoms with van der Waals surface area (Å²) in [5.74, 6) is 0. The number of carbonyl (C=O) groups is 2. The minimum absolute atomic E-state index is 0.111. The maximum absolute atomic E-state index is 12.9. The second kappa shape index (κ2) is 43.6. The van der Waals surface area contributed by atoms with Gasteiger partial charge in [0.25, 0.3) is 0 Å². The average Bonchev–Trinajstić information content (AvgIpc) is 3.19. The molecule has 0 aliphatic carbocycles. The fourth-order valence-electron chi connectivity index (χ4n) is 7.26. The molecule has 0 aliphatic rings. The van der Waals surface area contributed by atoms with Crippen LogP contribution in [0.1, 0.15) is 227 Å². The summed E-state index contributed by atoms with van der Waals surface area (Å²) in [6.07, 6.45) is 35.8. The van der Waals surface area contributed by atoms with Crippen LogP contribution in [0.2, 0.25) is 0 Å². The van der Waals surface area contributed by atoms with Crippen LogP contribution >= 0.6 is 0 Å². The van der Waals surface area contributed by atoms with E-state index in [1.807, 2.05) is 9.80 Å². The number of nitrogens with zero attached hydrogens (tertiary/aromatic N) is 3. The Bertz CT molecular complexity index is 743. The number of ether oxygens (including phenoxy) is 2. The Morgan fingerprint density at radius 3 is 0.927 bits per heavy atom. The molecule has 0 fully saturated rings. The molecule has 0 saturated carbocycles. The van der Waals surface area contributed by atoms with Crippen LogP contribution < -0.4 is 0 Å². The molecule has 0 atom stereocenters. The van der Waals surface area contributed by atoms with Crippen molar-refractivity contribution in [2.24, 2.45) is 0 Å². The van der Waals surface area contributed by atoms with Crippen LogP contribution in [0.15, 0.2) is 0 Å². The van der Waals surface area contributed by atoms with Gasteiger partial charge in [0.15, 0.2) is 0 Å². The van der Waals surface area contributed by atoms with Gasteiger partial charge in [-0.05, 0) is 90.3 Å². The van der Waals surface area contributed by atoms with Crippen LogP contribution in [-0.4, -0.2) is 97.6 Å². The van der Waals surface area contributed by atoms with E-state index >= 15 is 0 Å². The molecule has 8 nitrogen and oxygen atoms in total. The van der Waals surface area contributed by atoms with Crippen LogP contribution in [0, 0.1) is 0 Å². The Morgan fingerprint density at radius 2 is 0.600 bits per heavy atom. The van der Waals surface area contributed by atoms with Crippen molar-refractivity contribution in [3.05, 3.63) is 0 Å². The van der Waals surface area contributed by atoms with E-state index in [1.54, 1.807) is 0 Å². The zero-order valence-electron chi connectivity index (χ0n) is 37.4. The molecule has 0 aromatic rings. The van der Waals surface area contributed by atoms with Gasteiger partial charge >= 0.3 is 12.2 Å². The second-order valence-electron chi connectivity index (χ2n) is 16.3. The Balaban J connectivity index is 4.42. The SMILES string of the molecule is CCCCCCCCN(CCCCCC)C(=O)OCCCCCCN(CCCCCO)CCCCCCOC(=O)N(CCCCCC)CCCCCCCC. The molecule has 0 aromatic carbocycles. The van der Waals surface area contributed by atoms with Crippen molar-refractivity contribution in [1.29, 1.82) is 0 Å². The first-order chi connectivity index (χ1) is 27.0. The monoisotopic (exact) mass is 782 g/mol. The summed E-state index contributed by atoms with van der Waals surface area (Å²) in [5, 5.41) is 9.23. The highest BCUT2D eigenvalue weighted by molar-refractivity contribution is 5.67. The Labute approximate surface area is 342 Å². The third-order valence-corrected chi connectivity index (χ3v) is 11.0. The standard InChI is InChI=1S/C47H95N3O5/c1-5-9-13-17-19-31-41-49(39-29-15-11-7-3)46(52)54-44-34-23-21-26-36-48(38-28-25-33-43-51)37-27-22-24-35-45-55-47(53)50(40-30-16-12-8-4)42-32-20-18-14-10-6-2/h51H,5-45H2,1-4H3. The van der Waals surface area contributed by atoms with E-state index < -0.39 is 0 Å². The number of aliphatic hydroxyl groups excluding tert-OH is 1. The summed E-state index contributed by atoms with van der Waals surface area (Å²) in [6.45, 7) is 16.9. The molecule has 328 valence electrons. The zero-order valence-corrected chi connectivity index (χ0v) is 37.4. The van der Waals surface area contributed by atoms with Gasteiger partial charge in [0.05, 0.1) is 13.2 Å². The predicted octanol–water partition coefficient (Wildman–Crippen LogP) is 13.3. The maximum atomic E-state index is 12.9. The number of aliphatic hydroxyl groups is 1. The molecule has 0 saturated heterocycles. The highest BCUT2D eigenvalue weighted by atomic mass is 16.6. The molecule has 8 heteroatoms. The van der Waals surface area contributed by atoms with Crippen LogP contribution in [0.25, 0.3) is 0 Å². The summed E-state index contributed by atoms with van der Waals surface area (Å²) >= 11 is 0. The fraction of sp³-hybridized carbons (Fsp3) is 0.957. The molecular formula is C47H95N3O5. The molecule has 2 amide bonds. The topological polar surface area (TPSA) is 82.5 Å². The van der Waals surface area contributed by atoms with Gasteiger partial charge in [0.1, 0.15) is 0 Å². The molecule has 55 heavy (non-hydrogen) atoms. The normalized spacial score (nSPS) is 11.4. The lowest BCUT2D eigenvalue weighted by Gasteiger charge is -2.23. The van der Waals surface area contributed by atoms with Crippen molar-refractivity contribution in [2.75, 3.05) is 65.6 Å². The largest absolute Gasteiger partial charge is 0.449 e. The molecular weight excluding hydrogens is 687 g/mol. The maximum Gasteiger partial charge on any atom is 0.409 e. The van der Waals surface area contributed by atoms with E-state index in [0.717, 1.165) is 129 Å². The molecule has 0 radical (unpaired) electrons. The number of hydrogen-bond acceptors (Lipinski definition) is 6. The summed E-state index contributed by atoms with van der Waals surface area (Å²) in [4.78, 5) is 32.4. The van der Waals surface area contributed by atoms with E-state index in [-0.39, 0.29) is 18.8 Å². The lowest BCUT2D eigenvalue weighted by molar-refractivity contribution is 0.0983. The molecule has 0 bridgehead atoms. The van der Waals surface area contributed by atoms with Crippen molar-refractivity contribution in [3.8, 4) is 0 Å². The second-order valence-corrected chi connectivity index (χ2v) is 16.3. The Morgan fingerprint density at radius 1 is 0.345 bits per heavy atom. The first kappa shape index (κ1) is 53.5. The van der Waals surface area contributed by atoms with Crippen molar-refractivity contribution in [1.82, 2.24) is 14.7 Å². The molecule has 0 rings (SSSR count). The Hall–Kier alpha value is -1.54. The number of carbonyl (C=O) groups excluding carboxylic acids is 2. The first-order valence-electron chi connectivity index (χ1n) is 24.2. The highest BCUT2D eigenvalue weighted by Gasteiger charge is 2.16. The van der Waals surface area contributed by atoms with E-state index in [2.05, 4.69) is 32.6 Å². The summed E-state index contributed by atoms with van der Waals surface area (Å²) in [5.41, 5.74) is 0. The summed E-state index contributed by atoms with van der Waals surface area (Å²) < 4.78 is 11.5. The van der Waals surface area contributed by atoms with Gasteiger partial charge in [-0.2, -0.15) is 0 Å². The van der Waals surface area contributed by atoms with Gasteiger partial charge in [-0.25, -0.2) is 9.59 Å². The third kappa shape index (κ3) is 36.5. The van der Waals surface area contributed by atoms with Gasteiger partial charge in [-0.3, -0.25) is 0 Å². The van der Waals surface area contributed by atoms with Gasteiger partial charge in [0, 0.05) is 32.8 Å². The number of hydrogen-bond donors (Lipinski definition) is 1. The van der Waals surface area contributed by atoms with E-state index in [1.165, 1.54) is 116 Å². The van der Waals surface area contributed by atoms with E-state index in [0.29, 0.717) is 13.2 Å². The third-order valence-electron chi connectivity index (χ3n) is 11.0.